The average Bonchev–Trinajstić information content (AvgIpc) is 2.54. The van der Waals surface area contributed by atoms with E-state index in [1.54, 1.807) is 31.4 Å². The maximum Gasteiger partial charge on any atom is 0.274 e. The van der Waals surface area contributed by atoms with Crippen LogP contribution in [0.15, 0.2) is 29.4 Å². The molecular formula is C14H19N3O4. The minimum Gasteiger partial charge on any atom is -0.497 e. The highest BCUT2D eigenvalue weighted by atomic mass is 16.5. The number of anilines is 1. The lowest BCUT2D eigenvalue weighted by atomic mass is 10.2. The van der Waals surface area contributed by atoms with Crippen molar-refractivity contribution in [3.8, 4) is 5.75 Å². The van der Waals surface area contributed by atoms with Crippen LogP contribution >= 0.6 is 0 Å². The Kier molecular flexibility index (Phi) is 5.53. The van der Waals surface area contributed by atoms with Gasteiger partial charge in [-0.05, 0) is 24.3 Å². The number of nitrogens with one attached hydrogen (secondary N) is 1. The molecule has 1 saturated heterocycles. The van der Waals surface area contributed by atoms with Gasteiger partial charge in [-0.1, -0.05) is 5.16 Å². The summed E-state index contributed by atoms with van der Waals surface area (Å²) in [6.45, 7) is 2.98. The van der Waals surface area contributed by atoms with E-state index in [9.17, 15) is 4.79 Å². The Labute approximate surface area is 123 Å². The molecule has 7 nitrogen and oxygen atoms in total. The van der Waals surface area contributed by atoms with Gasteiger partial charge in [-0.25, -0.2) is 0 Å². The molecule has 114 valence electrons. The summed E-state index contributed by atoms with van der Waals surface area (Å²) < 4.78 is 10.3. The third kappa shape index (κ3) is 4.44. The van der Waals surface area contributed by atoms with Crippen LogP contribution in [0.4, 0.5) is 5.69 Å². The van der Waals surface area contributed by atoms with Gasteiger partial charge >= 0.3 is 0 Å². The first-order valence-corrected chi connectivity index (χ1v) is 6.69. The number of hydrogen-bond acceptors (Lipinski definition) is 6. The summed E-state index contributed by atoms with van der Waals surface area (Å²) in [4.78, 5) is 14.1. The van der Waals surface area contributed by atoms with Crippen molar-refractivity contribution in [2.45, 2.75) is 0 Å². The molecular weight excluding hydrogens is 274 g/mol. The number of hydrogen-bond donors (Lipinski definition) is 2. The van der Waals surface area contributed by atoms with Crippen molar-refractivity contribution >= 4 is 17.3 Å². The van der Waals surface area contributed by atoms with Gasteiger partial charge in [0.15, 0.2) is 5.71 Å². The molecule has 0 radical (unpaired) electrons. The van der Waals surface area contributed by atoms with Crippen molar-refractivity contribution in [2.24, 2.45) is 5.16 Å². The van der Waals surface area contributed by atoms with E-state index in [1.165, 1.54) is 0 Å². The highest BCUT2D eigenvalue weighted by Crippen LogP contribution is 2.15. The first-order valence-electron chi connectivity index (χ1n) is 6.69. The number of ether oxygens (including phenoxy) is 2. The molecule has 1 aliphatic heterocycles. The molecule has 0 aromatic heterocycles. The third-order valence-corrected chi connectivity index (χ3v) is 3.21. The highest BCUT2D eigenvalue weighted by Gasteiger charge is 2.18. The molecule has 1 aromatic rings. The average molecular weight is 293 g/mol. The van der Waals surface area contributed by atoms with E-state index in [0.29, 0.717) is 31.2 Å². The Hall–Kier alpha value is -2.12. The van der Waals surface area contributed by atoms with E-state index in [0.717, 1.165) is 13.1 Å². The zero-order valence-electron chi connectivity index (χ0n) is 11.9. The maximum absolute atomic E-state index is 12.1. The minimum atomic E-state index is -0.422. The van der Waals surface area contributed by atoms with Crippen molar-refractivity contribution in [1.29, 1.82) is 0 Å². The van der Waals surface area contributed by atoms with E-state index in [-0.39, 0.29) is 5.71 Å². The fourth-order valence-electron chi connectivity index (χ4n) is 2.00. The van der Waals surface area contributed by atoms with Crippen LogP contribution in [0.1, 0.15) is 0 Å². The van der Waals surface area contributed by atoms with Crippen LogP contribution in [0.25, 0.3) is 0 Å². The molecule has 1 aromatic carbocycles. The quantitative estimate of drug-likeness (QED) is 0.476. The Balaban J connectivity index is 1.92. The first-order chi connectivity index (χ1) is 10.2. The Morgan fingerprint density at radius 1 is 1.38 bits per heavy atom. The normalized spacial score (nSPS) is 16.5. The van der Waals surface area contributed by atoms with E-state index in [4.69, 9.17) is 14.7 Å². The van der Waals surface area contributed by atoms with Crippen LogP contribution in [0, 0.1) is 0 Å². The summed E-state index contributed by atoms with van der Waals surface area (Å²) in [5.74, 6) is 0.284. The van der Waals surface area contributed by atoms with Crippen molar-refractivity contribution in [1.82, 2.24) is 4.90 Å². The second kappa shape index (κ2) is 7.61. The standard InChI is InChI=1S/C14H19N3O4/c1-20-12-4-2-11(3-5-12)15-14(18)13(16-19)10-17-6-8-21-9-7-17/h2-5,19H,6-10H2,1H3,(H,15,18). The number of benzene rings is 1. The van der Waals surface area contributed by atoms with Gasteiger partial charge in [-0.3, -0.25) is 9.69 Å². The number of rotatable bonds is 5. The van der Waals surface area contributed by atoms with Gasteiger partial charge in [0.25, 0.3) is 5.91 Å². The number of amides is 1. The minimum absolute atomic E-state index is 0.0766. The summed E-state index contributed by atoms with van der Waals surface area (Å²) in [6.07, 6.45) is 0. The summed E-state index contributed by atoms with van der Waals surface area (Å²) in [7, 11) is 1.58. The molecule has 0 atom stereocenters. The second-order valence-electron chi connectivity index (χ2n) is 4.62. The van der Waals surface area contributed by atoms with Crippen molar-refractivity contribution in [2.75, 3.05) is 45.3 Å². The van der Waals surface area contributed by atoms with Crippen molar-refractivity contribution in [3.63, 3.8) is 0 Å². The van der Waals surface area contributed by atoms with Gasteiger partial charge in [-0.2, -0.15) is 0 Å². The van der Waals surface area contributed by atoms with Gasteiger partial charge in [0.2, 0.25) is 0 Å². The number of oxime groups is 1. The third-order valence-electron chi connectivity index (χ3n) is 3.21. The number of carbonyl (C=O) groups excluding carboxylic acids is 1. The fourth-order valence-corrected chi connectivity index (χ4v) is 2.00. The summed E-state index contributed by atoms with van der Waals surface area (Å²) in [6, 6.07) is 6.93. The molecule has 2 N–H and O–H groups in total. The zero-order valence-corrected chi connectivity index (χ0v) is 11.9. The maximum atomic E-state index is 12.1. The predicted octanol–water partition coefficient (Wildman–Crippen LogP) is 0.796. The lowest BCUT2D eigenvalue weighted by molar-refractivity contribution is -0.110. The zero-order chi connectivity index (χ0) is 15.1. The van der Waals surface area contributed by atoms with Crippen LogP contribution in [0.5, 0.6) is 5.75 Å². The van der Waals surface area contributed by atoms with E-state index in [1.807, 2.05) is 4.90 Å². The Morgan fingerprint density at radius 3 is 2.62 bits per heavy atom. The topological polar surface area (TPSA) is 83.4 Å². The molecule has 0 spiro atoms. The molecule has 0 unspecified atom stereocenters. The lowest BCUT2D eigenvalue weighted by Gasteiger charge is -2.26. The van der Waals surface area contributed by atoms with Crippen molar-refractivity contribution in [3.05, 3.63) is 24.3 Å². The van der Waals surface area contributed by atoms with Gasteiger partial charge in [0.05, 0.1) is 20.3 Å². The highest BCUT2D eigenvalue weighted by molar-refractivity contribution is 6.43. The molecule has 0 aliphatic carbocycles. The van der Waals surface area contributed by atoms with Gasteiger partial charge < -0.3 is 20.0 Å². The first kappa shape index (κ1) is 15.3. The fraction of sp³-hybridized carbons (Fsp3) is 0.429. The van der Waals surface area contributed by atoms with E-state index < -0.39 is 5.91 Å². The van der Waals surface area contributed by atoms with Gasteiger partial charge in [-0.15, -0.1) is 0 Å². The molecule has 0 bridgehead atoms. The van der Waals surface area contributed by atoms with E-state index >= 15 is 0 Å². The largest absolute Gasteiger partial charge is 0.497 e. The monoisotopic (exact) mass is 293 g/mol. The molecule has 7 heteroatoms. The van der Waals surface area contributed by atoms with Gasteiger partial charge in [0, 0.05) is 25.3 Å². The number of morpholine rings is 1. The Morgan fingerprint density at radius 2 is 2.05 bits per heavy atom. The molecule has 1 heterocycles. The summed E-state index contributed by atoms with van der Waals surface area (Å²) in [5, 5.41) is 14.8. The molecule has 1 aliphatic rings. The van der Waals surface area contributed by atoms with E-state index in [2.05, 4.69) is 10.5 Å². The number of methoxy groups -OCH3 is 1. The molecule has 0 saturated carbocycles. The molecule has 1 amide bonds. The molecule has 1 fully saturated rings. The van der Waals surface area contributed by atoms with Crippen LogP contribution in [-0.2, 0) is 9.53 Å². The van der Waals surface area contributed by atoms with Crippen LogP contribution < -0.4 is 10.1 Å². The Bertz CT molecular complexity index is 495. The smallest absolute Gasteiger partial charge is 0.274 e. The molecule has 2 rings (SSSR count). The predicted molar refractivity (Wildman–Crippen MR) is 78.1 cm³/mol. The van der Waals surface area contributed by atoms with Gasteiger partial charge in [0.1, 0.15) is 5.75 Å². The number of nitrogens with zero attached hydrogens (tertiary/aromatic N) is 2. The van der Waals surface area contributed by atoms with Crippen LogP contribution in [-0.4, -0.2) is 61.7 Å². The summed E-state index contributed by atoms with van der Waals surface area (Å²) in [5.41, 5.74) is 0.691. The SMILES string of the molecule is COc1ccc(NC(=O)C(CN2CCOCC2)=NO)cc1. The molecule has 21 heavy (non-hydrogen) atoms. The van der Waals surface area contributed by atoms with Crippen LogP contribution in [0.3, 0.4) is 0 Å². The van der Waals surface area contributed by atoms with Crippen molar-refractivity contribution < 1.29 is 19.5 Å². The lowest BCUT2D eigenvalue weighted by Crippen LogP contribution is -2.42. The second-order valence-corrected chi connectivity index (χ2v) is 4.62. The summed E-state index contributed by atoms with van der Waals surface area (Å²) >= 11 is 0. The number of carbonyl (C=O) groups is 1. The van der Waals surface area contributed by atoms with Crippen LogP contribution in [0.2, 0.25) is 0 Å².